The molecule has 1 aliphatic rings. The second kappa shape index (κ2) is 11.7. The van der Waals surface area contributed by atoms with Gasteiger partial charge in [0.2, 0.25) is 11.8 Å². The fourth-order valence-corrected chi connectivity index (χ4v) is 5.98. The lowest BCUT2D eigenvalue weighted by Crippen LogP contribution is -2.50. The van der Waals surface area contributed by atoms with E-state index in [1.54, 1.807) is 23.3 Å². The van der Waals surface area contributed by atoms with Gasteiger partial charge in [-0.1, -0.05) is 56.3 Å². The van der Waals surface area contributed by atoms with Crippen LogP contribution in [0.4, 0.5) is 0 Å². The van der Waals surface area contributed by atoms with Crippen molar-refractivity contribution in [2.24, 2.45) is 0 Å². The minimum atomic E-state index is -0.254. The van der Waals surface area contributed by atoms with Gasteiger partial charge in [-0.15, -0.1) is 11.3 Å². The molecule has 190 valence electrons. The van der Waals surface area contributed by atoms with Crippen LogP contribution >= 0.6 is 11.3 Å². The summed E-state index contributed by atoms with van der Waals surface area (Å²) in [6.07, 6.45) is 2.32. The zero-order chi connectivity index (χ0) is 25.7. The molecule has 5 nitrogen and oxygen atoms in total. The van der Waals surface area contributed by atoms with Crippen molar-refractivity contribution in [1.82, 2.24) is 9.80 Å². The molecule has 0 radical (unpaired) electrons. The highest BCUT2D eigenvalue weighted by molar-refractivity contribution is 7.10. The van der Waals surface area contributed by atoms with Gasteiger partial charge in [-0.25, -0.2) is 0 Å². The van der Waals surface area contributed by atoms with Crippen molar-refractivity contribution in [1.29, 1.82) is 0 Å². The quantitative estimate of drug-likeness (QED) is 0.356. The molecule has 0 bridgehead atoms. The monoisotopic (exact) mass is 504 g/mol. The summed E-state index contributed by atoms with van der Waals surface area (Å²) in [7, 11) is 1.65. The topological polar surface area (TPSA) is 49.9 Å². The lowest BCUT2D eigenvalue weighted by atomic mass is 9.92. The molecule has 1 aromatic heterocycles. The highest BCUT2D eigenvalue weighted by Gasteiger charge is 2.36. The van der Waals surface area contributed by atoms with Crippen molar-refractivity contribution in [3.63, 3.8) is 0 Å². The van der Waals surface area contributed by atoms with Crippen molar-refractivity contribution in [2.75, 3.05) is 20.2 Å². The van der Waals surface area contributed by atoms with Crippen LogP contribution in [0.25, 0.3) is 0 Å². The van der Waals surface area contributed by atoms with Crippen LogP contribution in [-0.4, -0.2) is 47.9 Å². The standard InChI is InChI=1S/C30H36N2O3S/c1-5-21(3)32(30(34)25(6-2)22-10-8-7-9-11-22)20-28(33)31-18-16-27-26(17-19-36-27)29(31)23-12-14-24(35-4)15-13-23/h7-15,17,19,21,25,29H,5-6,16,18,20H2,1-4H3. The number of thiophene rings is 1. The van der Waals surface area contributed by atoms with E-state index >= 15 is 0 Å². The summed E-state index contributed by atoms with van der Waals surface area (Å²) in [6, 6.07) is 19.8. The molecule has 0 N–H and O–H groups in total. The van der Waals surface area contributed by atoms with E-state index in [0.717, 1.165) is 29.7 Å². The van der Waals surface area contributed by atoms with E-state index in [9.17, 15) is 9.59 Å². The minimum absolute atomic E-state index is 0.00997. The Hall–Kier alpha value is -3.12. The first-order valence-corrected chi connectivity index (χ1v) is 13.7. The van der Waals surface area contributed by atoms with Gasteiger partial charge in [0.05, 0.1) is 19.1 Å². The Labute approximate surface area is 218 Å². The third kappa shape index (κ3) is 5.34. The third-order valence-electron chi connectivity index (χ3n) is 7.34. The number of rotatable bonds is 9. The van der Waals surface area contributed by atoms with Gasteiger partial charge in [0.1, 0.15) is 12.3 Å². The average Bonchev–Trinajstić information content (AvgIpc) is 3.40. The Balaban J connectivity index is 1.62. The van der Waals surface area contributed by atoms with Crippen LogP contribution < -0.4 is 4.74 Å². The number of fused-ring (bicyclic) bond motifs is 1. The van der Waals surface area contributed by atoms with Crippen LogP contribution in [0.5, 0.6) is 5.75 Å². The van der Waals surface area contributed by atoms with Crippen LogP contribution in [0.1, 0.15) is 67.1 Å². The normalized spacial score (nSPS) is 16.7. The van der Waals surface area contributed by atoms with Gasteiger partial charge in [-0.2, -0.15) is 0 Å². The predicted octanol–water partition coefficient (Wildman–Crippen LogP) is 6.05. The molecule has 36 heavy (non-hydrogen) atoms. The molecule has 1 aliphatic heterocycles. The van der Waals surface area contributed by atoms with Gasteiger partial charge in [0, 0.05) is 17.5 Å². The van der Waals surface area contributed by atoms with E-state index in [4.69, 9.17) is 4.74 Å². The third-order valence-corrected chi connectivity index (χ3v) is 8.33. The van der Waals surface area contributed by atoms with Crippen LogP contribution in [0.2, 0.25) is 0 Å². The number of hydrogen-bond acceptors (Lipinski definition) is 4. The Morgan fingerprint density at radius 2 is 1.78 bits per heavy atom. The summed E-state index contributed by atoms with van der Waals surface area (Å²) < 4.78 is 5.35. The molecular weight excluding hydrogens is 468 g/mol. The molecule has 4 rings (SSSR count). The number of nitrogens with zero attached hydrogens (tertiary/aromatic N) is 2. The summed E-state index contributed by atoms with van der Waals surface area (Å²) in [6.45, 7) is 6.87. The molecule has 0 saturated heterocycles. The van der Waals surface area contributed by atoms with Crippen molar-refractivity contribution in [3.05, 3.63) is 87.6 Å². The average molecular weight is 505 g/mol. The number of methoxy groups -OCH3 is 1. The molecule has 0 fully saturated rings. The lowest BCUT2D eigenvalue weighted by Gasteiger charge is -2.39. The van der Waals surface area contributed by atoms with Gasteiger partial charge in [-0.3, -0.25) is 9.59 Å². The molecule has 3 unspecified atom stereocenters. The Morgan fingerprint density at radius 1 is 1.06 bits per heavy atom. The summed E-state index contributed by atoms with van der Waals surface area (Å²) in [4.78, 5) is 32.8. The number of ether oxygens (including phenoxy) is 1. The Bertz CT molecular complexity index is 1160. The van der Waals surface area contributed by atoms with Gasteiger partial charge in [0.15, 0.2) is 0 Å². The van der Waals surface area contributed by atoms with E-state index in [1.165, 1.54) is 10.4 Å². The number of amides is 2. The van der Waals surface area contributed by atoms with E-state index in [-0.39, 0.29) is 36.4 Å². The van der Waals surface area contributed by atoms with Crippen LogP contribution in [-0.2, 0) is 16.0 Å². The van der Waals surface area contributed by atoms with Crippen molar-refractivity contribution >= 4 is 23.2 Å². The molecule has 0 spiro atoms. The van der Waals surface area contributed by atoms with E-state index in [1.807, 2.05) is 73.3 Å². The van der Waals surface area contributed by atoms with Gasteiger partial charge in [0.25, 0.3) is 0 Å². The van der Waals surface area contributed by atoms with E-state index in [2.05, 4.69) is 18.4 Å². The molecule has 3 aromatic rings. The maximum atomic E-state index is 13.9. The SMILES string of the molecule is CCC(C(=O)N(CC(=O)N1CCc2sccc2C1c1ccc(OC)cc1)C(C)CC)c1ccccc1. The summed E-state index contributed by atoms with van der Waals surface area (Å²) in [5.41, 5.74) is 3.24. The smallest absolute Gasteiger partial charge is 0.243 e. The van der Waals surface area contributed by atoms with Crippen molar-refractivity contribution in [2.45, 2.75) is 58.0 Å². The predicted molar refractivity (Wildman–Crippen MR) is 146 cm³/mol. The second-order valence-corrected chi connectivity index (χ2v) is 10.4. The molecule has 6 heteroatoms. The molecule has 0 aliphatic carbocycles. The molecule has 2 amide bonds. The van der Waals surface area contributed by atoms with Crippen LogP contribution in [0.3, 0.4) is 0 Å². The van der Waals surface area contributed by atoms with Gasteiger partial charge >= 0.3 is 0 Å². The molecule has 2 heterocycles. The zero-order valence-electron chi connectivity index (χ0n) is 21.6. The maximum Gasteiger partial charge on any atom is 0.243 e. The highest BCUT2D eigenvalue weighted by Crippen LogP contribution is 2.38. The van der Waals surface area contributed by atoms with E-state index in [0.29, 0.717) is 13.0 Å². The fourth-order valence-electron chi connectivity index (χ4n) is 5.08. The van der Waals surface area contributed by atoms with E-state index < -0.39 is 0 Å². The van der Waals surface area contributed by atoms with Crippen LogP contribution in [0.15, 0.2) is 66.0 Å². The second-order valence-electron chi connectivity index (χ2n) is 9.41. The molecule has 3 atom stereocenters. The highest BCUT2D eigenvalue weighted by atomic mass is 32.1. The maximum absolute atomic E-state index is 13.9. The lowest BCUT2D eigenvalue weighted by molar-refractivity contribution is -0.144. The molecule has 2 aromatic carbocycles. The Morgan fingerprint density at radius 3 is 2.42 bits per heavy atom. The first-order valence-electron chi connectivity index (χ1n) is 12.8. The van der Waals surface area contributed by atoms with Gasteiger partial charge in [-0.05, 0) is 66.5 Å². The zero-order valence-corrected chi connectivity index (χ0v) is 22.5. The largest absolute Gasteiger partial charge is 0.497 e. The number of carbonyl (C=O) groups excluding carboxylic acids is 2. The molecule has 0 saturated carbocycles. The van der Waals surface area contributed by atoms with Crippen molar-refractivity contribution < 1.29 is 14.3 Å². The fraction of sp³-hybridized carbons (Fsp3) is 0.400. The first-order chi connectivity index (χ1) is 17.5. The Kier molecular flexibility index (Phi) is 8.47. The number of hydrogen-bond donors (Lipinski definition) is 0. The first kappa shape index (κ1) is 26.0. The number of benzene rings is 2. The van der Waals surface area contributed by atoms with Crippen molar-refractivity contribution in [3.8, 4) is 5.75 Å². The summed E-state index contributed by atoms with van der Waals surface area (Å²) in [5.74, 6) is 0.554. The molecular formula is C30H36N2O3S. The summed E-state index contributed by atoms with van der Waals surface area (Å²) >= 11 is 1.75. The number of carbonyl (C=O) groups is 2. The van der Waals surface area contributed by atoms with Crippen LogP contribution in [0, 0.1) is 0 Å². The minimum Gasteiger partial charge on any atom is -0.497 e. The summed E-state index contributed by atoms with van der Waals surface area (Å²) in [5, 5.41) is 2.11. The van der Waals surface area contributed by atoms with Gasteiger partial charge < -0.3 is 14.5 Å².